The molecule has 0 aliphatic rings. The van der Waals surface area contributed by atoms with Crippen molar-refractivity contribution in [2.75, 3.05) is 7.11 Å². The number of hydrogen-bond acceptors (Lipinski definition) is 4. The van der Waals surface area contributed by atoms with Gasteiger partial charge in [-0.05, 0) is 31.5 Å². The Labute approximate surface area is 112 Å². The van der Waals surface area contributed by atoms with Crippen LogP contribution in [0.1, 0.15) is 18.9 Å². The summed E-state index contributed by atoms with van der Waals surface area (Å²) >= 11 is 0. The minimum absolute atomic E-state index is 0.00670. The van der Waals surface area contributed by atoms with Gasteiger partial charge in [0, 0.05) is 6.04 Å². The zero-order valence-electron chi connectivity index (χ0n) is 11.0. The number of hydrogen-bond donors (Lipinski definition) is 2. The molecule has 1 aromatic rings. The molecule has 2 N–H and O–H groups in total. The van der Waals surface area contributed by atoms with Crippen molar-refractivity contribution in [1.29, 1.82) is 0 Å². The van der Waals surface area contributed by atoms with Gasteiger partial charge in [-0.2, -0.15) is 0 Å². The normalized spacial score (nSPS) is 13.0. The van der Waals surface area contributed by atoms with Gasteiger partial charge in [0.05, 0.1) is 13.5 Å². The molecule has 0 amide bonds. The standard InChI is InChI=1S/C12H17NO5S/c1-8-4-5-10(18-3)11(6-8)19(16,17)13-9(2)7-12(14)15/h4-6,9,13H,7H2,1-3H3,(H,14,15). The van der Waals surface area contributed by atoms with Gasteiger partial charge in [0.2, 0.25) is 10.0 Å². The summed E-state index contributed by atoms with van der Waals surface area (Å²) in [5.74, 6) is -0.841. The number of sulfonamides is 1. The molecule has 0 bridgehead atoms. The van der Waals surface area contributed by atoms with Crippen LogP contribution in [0.4, 0.5) is 0 Å². The van der Waals surface area contributed by atoms with Crippen molar-refractivity contribution in [1.82, 2.24) is 4.72 Å². The number of rotatable bonds is 6. The van der Waals surface area contributed by atoms with E-state index in [0.717, 1.165) is 5.56 Å². The van der Waals surface area contributed by atoms with E-state index in [-0.39, 0.29) is 17.1 Å². The fourth-order valence-corrected chi connectivity index (χ4v) is 3.12. The van der Waals surface area contributed by atoms with Gasteiger partial charge in [0.25, 0.3) is 0 Å². The summed E-state index contributed by atoms with van der Waals surface area (Å²) in [5.41, 5.74) is 0.770. The summed E-state index contributed by atoms with van der Waals surface area (Å²) in [7, 11) is -2.43. The lowest BCUT2D eigenvalue weighted by Gasteiger charge is -2.14. The van der Waals surface area contributed by atoms with Gasteiger partial charge in [0.15, 0.2) is 0 Å². The number of methoxy groups -OCH3 is 1. The van der Waals surface area contributed by atoms with E-state index in [4.69, 9.17) is 9.84 Å². The highest BCUT2D eigenvalue weighted by molar-refractivity contribution is 7.89. The van der Waals surface area contributed by atoms with E-state index in [0.29, 0.717) is 0 Å². The molecule has 0 aromatic heterocycles. The fraction of sp³-hybridized carbons (Fsp3) is 0.417. The van der Waals surface area contributed by atoms with Crippen molar-refractivity contribution in [2.45, 2.75) is 31.2 Å². The molecule has 6 nitrogen and oxygen atoms in total. The first kappa shape index (κ1) is 15.5. The lowest BCUT2D eigenvalue weighted by molar-refractivity contribution is -0.137. The van der Waals surface area contributed by atoms with Gasteiger partial charge in [0.1, 0.15) is 10.6 Å². The van der Waals surface area contributed by atoms with Crippen molar-refractivity contribution < 1.29 is 23.1 Å². The SMILES string of the molecule is COc1ccc(C)cc1S(=O)(=O)NC(C)CC(=O)O. The third-order valence-corrected chi connectivity index (χ3v) is 4.06. The first-order valence-electron chi connectivity index (χ1n) is 5.65. The Balaban J connectivity index is 3.06. The number of carbonyl (C=O) groups is 1. The average molecular weight is 287 g/mol. The van der Waals surface area contributed by atoms with E-state index in [1.54, 1.807) is 19.1 Å². The van der Waals surface area contributed by atoms with Crippen LogP contribution >= 0.6 is 0 Å². The fourth-order valence-electron chi connectivity index (χ4n) is 1.63. The molecule has 1 rings (SSSR count). The molecule has 19 heavy (non-hydrogen) atoms. The maximum absolute atomic E-state index is 12.2. The van der Waals surface area contributed by atoms with E-state index >= 15 is 0 Å². The topological polar surface area (TPSA) is 92.7 Å². The van der Waals surface area contributed by atoms with E-state index in [2.05, 4.69) is 4.72 Å². The quantitative estimate of drug-likeness (QED) is 0.818. The molecule has 0 fully saturated rings. The van der Waals surface area contributed by atoms with Gasteiger partial charge in [-0.25, -0.2) is 13.1 Å². The molecule has 1 atom stereocenters. The van der Waals surface area contributed by atoms with Crippen LogP contribution in [0.25, 0.3) is 0 Å². The van der Waals surface area contributed by atoms with Crippen LogP contribution in [0.5, 0.6) is 5.75 Å². The number of benzene rings is 1. The minimum atomic E-state index is -3.81. The van der Waals surface area contributed by atoms with Crippen molar-refractivity contribution in [2.24, 2.45) is 0 Å². The highest BCUT2D eigenvalue weighted by Crippen LogP contribution is 2.24. The molecule has 0 saturated heterocycles. The zero-order valence-corrected chi connectivity index (χ0v) is 11.8. The van der Waals surface area contributed by atoms with E-state index in [1.165, 1.54) is 20.1 Å². The summed E-state index contributed by atoms with van der Waals surface area (Å²) in [5, 5.41) is 8.64. The Bertz CT molecular complexity index is 567. The summed E-state index contributed by atoms with van der Waals surface area (Å²) in [6.07, 6.45) is -0.284. The van der Waals surface area contributed by atoms with Gasteiger partial charge in [-0.3, -0.25) is 4.79 Å². The van der Waals surface area contributed by atoms with Gasteiger partial charge < -0.3 is 9.84 Å². The van der Waals surface area contributed by atoms with Crippen LogP contribution in [0.2, 0.25) is 0 Å². The van der Waals surface area contributed by atoms with E-state index < -0.39 is 22.0 Å². The first-order chi connectivity index (χ1) is 8.76. The first-order valence-corrected chi connectivity index (χ1v) is 7.13. The maximum Gasteiger partial charge on any atom is 0.304 e. The molecule has 0 aliphatic carbocycles. The molecule has 0 saturated carbocycles. The second kappa shape index (κ2) is 6.03. The van der Waals surface area contributed by atoms with Gasteiger partial charge in [-0.15, -0.1) is 0 Å². The number of nitrogens with one attached hydrogen (secondary N) is 1. The summed E-state index contributed by atoms with van der Waals surface area (Å²) in [6.45, 7) is 3.26. The molecule has 0 heterocycles. The summed E-state index contributed by atoms with van der Waals surface area (Å²) in [6, 6.07) is 4.08. The van der Waals surface area contributed by atoms with Crippen molar-refractivity contribution in [3.05, 3.63) is 23.8 Å². The Kier molecular flexibility index (Phi) is 4.90. The van der Waals surface area contributed by atoms with Crippen LogP contribution in [0.15, 0.2) is 23.1 Å². The maximum atomic E-state index is 12.2. The van der Waals surface area contributed by atoms with E-state index in [9.17, 15) is 13.2 Å². The molecule has 1 unspecified atom stereocenters. The highest BCUT2D eigenvalue weighted by Gasteiger charge is 2.22. The predicted molar refractivity (Wildman–Crippen MR) is 69.8 cm³/mol. The molecule has 1 aromatic carbocycles. The molecule has 106 valence electrons. The third kappa shape index (κ3) is 4.22. The molecular weight excluding hydrogens is 270 g/mol. The predicted octanol–water partition coefficient (Wildman–Crippen LogP) is 1.15. The second-order valence-corrected chi connectivity index (χ2v) is 5.96. The highest BCUT2D eigenvalue weighted by atomic mass is 32.2. The monoisotopic (exact) mass is 287 g/mol. The number of aliphatic carboxylic acids is 1. The largest absolute Gasteiger partial charge is 0.495 e. The van der Waals surface area contributed by atoms with Crippen LogP contribution in [0, 0.1) is 6.92 Å². The van der Waals surface area contributed by atoms with Crippen molar-refractivity contribution in [3.63, 3.8) is 0 Å². The molecule has 0 radical (unpaired) electrons. The van der Waals surface area contributed by atoms with Crippen molar-refractivity contribution >= 4 is 16.0 Å². The Hall–Kier alpha value is -1.60. The van der Waals surface area contributed by atoms with Gasteiger partial charge >= 0.3 is 5.97 Å². The smallest absolute Gasteiger partial charge is 0.304 e. The number of aryl methyl sites for hydroxylation is 1. The molecule has 0 spiro atoms. The summed E-state index contributed by atoms with van der Waals surface area (Å²) in [4.78, 5) is 10.6. The zero-order chi connectivity index (χ0) is 14.6. The Morgan fingerprint density at radius 3 is 2.63 bits per heavy atom. The average Bonchev–Trinajstić information content (AvgIpc) is 2.26. The molecule has 7 heteroatoms. The Morgan fingerprint density at radius 2 is 2.11 bits per heavy atom. The third-order valence-electron chi connectivity index (χ3n) is 2.45. The summed E-state index contributed by atoms with van der Waals surface area (Å²) < 4.78 is 31.7. The minimum Gasteiger partial charge on any atom is -0.495 e. The lowest BCUT2D eigenvalue weighted by Crippen LogP contribution is -2.34. The van der Waals surface area contributed by atoms with E-state index in [1.807, 2.05) is 0 Å². The van der Waals surface area contributed by atoms with Crippen molar-refractivity contribution in [3.8, 4) is 5.75 Å². The second-order valence-electron chi connectivity index (χ2n) is 4.27. The molecular formula is C12H17NO5S. The Morgan fingerprint density at radius 1 is 1.47 bits per heavy atom. The number of carboxylic acid groups (broad SMARTS) is 1. The number of ether oxygens (including phenoxy) is 1. The molecule has 0 aliphatic heterocycles. The number of carboxylic acids is 1. The van der Waals surface area contributed by atoms with Crippen LogP contribution < -0.4 is 9.46 Å². The van der Waals surface area contributed by atoms with Crippen LogP contribution in [-0.4, -0.2) is 32.6 Å². The van der Waals surface area contributed by atoms with Gasteiger partial charge in [-0.1, -0.05) is 6.07 Å². The lowest BCUT2D eigenvalue weighted by atomic mass is 10.2. The van der Waals surface area contributed by atoms with Crippen LogP contribution in [-0.2, 0) is 14.8 Å². The van der Waals surface area contributed by atoms with Crippen LogP contribution in [0.3, 0.4) is 0 Å².